The Morgan fingerprint density at radius 2 is 1.48 bits per heavy atom. The van der Waals surface area contributed by atoms with Crippen molar-refractivity contribution in [1.29, 1.82) is 0 Å². The summed E-state index contributed by atoms with van der Waals surface area (Å²) in [6.45, 7) is 0. The molecule has 0 saturated heterocycles. The van der Waals surface area contributed by atoms with Crippen LogP contribution in [-0.4, -0.2) is 12.6 Å². The lowest BCUT2D eigenvalue weighted by molar-refractivity contribution is 0.207. The zero-order valence-electron chi connectivity index (χ0n) is 9.90. The quantitative estimate of drug-likeness (QED) is 0.276. The van der Waals surface area contributed by atoms with Crippen molar-refractivity contribution in [3.8, 4) is 0 Å². The van der Waals surface area contributed by atoms with Crippen LogP contribution in [0, 0.1) is 0 Å². The van der Waals surface area contributed by atoms with E-state index in [4.69, 9.17) is 3.83 Å². The van der Waals surface area contributed by atoms with E-state index in [0.29, 0.717) is 0 Å². The third kappa shape index (κ3) is 2.94. The molecule has 9 heteroatoms. The van der Waals surface area contributed by atoms with Crippen LogP contribution >= 0.6 is 128 Å². The fourth-order valence-electron chi connectivity index (χ4n) is 2.10. The Balaban J connectivity index is 2.83. The number of allylic oxidation sites excluding steroid dienone is 1. The molecule has 0 bridgehead atoms. The van der Waals surface area contributed by atoms with Crippen molar-refractivity contribution >= 4 is 128 Å². The van der Waals surface area contributed by atoms with E-state index in [0.717, 1.165) is 14.5 Å². The smallest absolute Gasteiger partial charge is 0.190 e. The van der Waals surface area contributed by atoms with Crippen LogP contribution in [0.25, 0.3) is 0 Å². The Morgan fingerprint density at radius 3 is 1.95 bits per heavy atom. The van der Waals surface area contributed by atoms with E-state index in [9.17, 15) is 0 Å². The first kappa shape index (κ1) is 20.1. The molecule has 1 aliphatic rings. The molecule has 1 aromatic carbocycles. The molecule has 2 rings (SSSR count). The molecule has 1 nitrogen and oxygen atoms in total. The maximum atomic E-state index is 5.68. The van der Waals surface area contributed by atoms with Crippen LogP contribution in [0.1, 0.15) is 5.56 Å². The van der Waals surface area contributed by atoms with Gasteiger partial charge in [-0.05, 0) is 21.5 Å². The van der Waals surface area contributed by atoms with E-state index in [2.05, 4.69) is 128 Å². The van der Waals surface area contributed by atoms with Gasteiger partial charge in [-0.25, -0.2) is 0 Å². The second-order valence-corrected chi connectivity index (χ2v) is 13.1. The van der Waals surface area contributed by atoms with Crippen molar-refractivity contribution in [1.82, 2.24) is 0 Å². The molecule has 0 N–H and O–H groups in total. The average Bonchev–Trinajstić information content (AvgIpc) is 2.50. The third-order valence-corrected chi connectivity index (χ3v) is 16.5. The Bertz CT molecular complexity index is 574. The number of benzene rings is 1. The van der Waals surface area contributed by atoms with Gasteiger partial charge in [0.05, 0.1) is 9.31 Å². The highest BCUT2D eigenvalue weighted by Gasteiger charge is 2.69. The zero-order valence-corrected chi connectivity index (χ0v) is 22.6. The summed E-state index contributed by atoms with van der Waals surface area (Å²) in [6, 6.07) is 10.0. The van der Waals surface area contributed by atoms with Gasteiger partial charge in [0.25, 0.3) is 0 Å². The minimum Gasteiger partial charge on any atom is -0.282 e. The normalized spacial score (nSPS) is 35.9. The largest absolute Gasteiger partial charge is 0.282 e. The van der Waals surface area contributed by atoms with Crippen LogP contribution in [-0.2, 0) is 8.15 Å². The Kier molecular flexibility index (Phi) is 6.86. The van der Waals surface area contributed by atoms with Gasteiger partial charge >= 0.3 is 0 Å². The van der Waals surface area contributed by atoms with Crippen LogP contribution < -0.4 is 0 Å². The van der Waals surface area contributed by atoms with E-state index < -0.39 is 12.1 Å². The second kappa shape index (κ2) is 7.17. The van der Waals surface area contributed by atoms with E-state index in [1.54, 1.807) is 0 Å². The molecule has 0 spiro atoms. The number of rotatable bonds is 2. The molecule has 21 heavy (non-hydrogen) atoms. The van der Waals surface area contributed by atoms with Crippen LogP contribution in [0.15, 0.2) is 39.3 Å². The molecule has 0 aliphatic heterocycles. The molecule has 0 amide bonds. The summed E-state index contributed by atoms with van der Waals surface area (Å²) < 4.78 is 5.23. The number of hydrogen-bond donors (Lipinski definition) is 0. The van der Waals surface area contributed by atoms with Gasteiger partial charge in [0, 0.05) is 4.48 Å². The van der Waals surface area contributed by atoms with E-state index >= 15 is 0 Å². The first-order valence-corrected chi connectivity index (χ1v) is 11.8. The van der Waals surface area contributed by atoms with E-state index in [1.807, 2.05) is 30.3 Å². The van der Waals surface area contributed by atoms with Crippen molar-refractivity contribution in [2.45, 2.75) is 16.9 Å². The topological polar surface area (TPSA) is 9.23 Å². The predicted octanol–water partition coefficient (Wildman–Crippen LogP) is 7.96. The SMILES string of the molecule is BrOC1(Br)C(Br)=C(Br)C(Br)C(Br)(Br)C1(Br)c1ccccc1. The molecule has 0 aromatic heterocycles. The van der Waals surface area contributed by atoms with Crippen LogP contribution in [0.5, 0.6) is 0 Å². The monoisotopic (exact) mass is 797 g/mol. The first-order chi connectivity index (χ1) is 9.64. The summed E-state index contributed by atoms with van der Waals surface area (Å²) in [5, 5.41) is 0. The second-order valence-electron chi connectivity index (χ2n) is 4.34. The highest BCUT2D eigenvalue weighted by molar-refractivity contribution is 9.27. The Morgan fingerprint density at radius 1 is 0.952 bits per heavy atom. The van der Waals surface area contributed by atoms with Gasteiger partial charge in [0.2, 0.25) is 0 Å². The summed E-state index contributed by atoms with van der Waals surface area (Å²) in [6.07, 6.45) is 0. The van der Waals surface area contributed by atoms with Gasteiger partial charge in [-0.15, -0.1) is 0 Å². The van der Waals surface area contributed by atoms with E-state index in [-0.39, 0.29) is 4.83 Å². The zero-order chi connectivity index (χ0) is 16.1. The maximum Gasteiger partial charge on any atom is 0.190 e. The summed E-state index contributed by atoms with van der Waals surface area (Å²) >= 11 is 29.4. The van der Waals surface area contributed by atoms with Gasteiger partial charge in [-0.1, -0.05) is 126 Å². The summed E-state index contributed by atoms with van der Waals surface area (Å²) in [7, 11) is 0. The van der Waals surface area contributed by atoms with Gasteiger partial charge in [0.15, 0.2) is 4.51 Å². The highest BCUT2D eigenvalue weighted by atomic mass is 79.9. The van der Waals surface area contributed by atoms with Crippen LogP contribution in [0.3, 0.4) is 0 Å². The van der Waals surface area contributed by atoms with Crippen molar-refractivity contribution in [2.75, 3.05) is 0 Å². The molecular formula is C12H6Br8O. The van der Waals surface area contributed by atoms with Gasteiger partial charge < -0.3 is 0 Å². The summed E-state index contributed by atoms with van der Waals surface area (Å²) in [5.41, 5.74) is 1.02. The number of halogens is 8. The van der Waals surface area contributed by atoms with Crippen molar-refractivity contribution in [2.24, 2.45) is 0 Å². The molecule has 116 valence electrons. The van der Waals surface area contributed by atoms with Gasteiger partial charge in [-0.3, -0.25) is 3.83 Å². The summed E-state index contributed by atoms with van der Waals surface area (Å²) in [5.74, 6) is 0. The van der Waals surface area contributed by atoms with E-state index in [1.165, 1.54) is 0 Å². The Labute approximate surface area is 190 Å². The maximum absolute atomic E-state index is 5.68. The highest BCUT2D eigenvalue weighted by Crippen LogP contribution is 2.70. The van der Waals surface area contributed by atoms with Crippen molar-refractivity contribution in [3.63, 3.8) is 0 Å². The molecular weight excluding hydrogens is 799 g/mol. The molecule has 3 unspecified atom stereocenters. The molecule has 0 heterocycles. The fraction of sp³-hybridized carbons (Fsp3) is 0.333. The minimum absolute atomic E-state index is 0.0627. The van der Waals surface area contributed by atoms with Crippen molar-refractivity contribution < 1.29 is 3.83 Å². The average molecular weight is 805 g/mol. The molecule has 1 aliphatic carbocycles. The molecule has 1 aromatic rings. The van der Waals surface area contributed by atoms with Crippen LogP contribution in [0.2, 0.25) is 0 Å². The molecule has 0 radical (unpaired) electrons. The summed E-state index contributed by atoms with van der Waals surface area (Å²) in [4.78, 5) is -0.0627. The lowest BCUT2D eigenvalue weighted by Crippen LogP contribution is -2.60. The lowest BCUT2D eigenvalue weighted by atomic mass is 9.84. The third-order valence-electron chi connectivity index (χ3n) is 3.21. The van der Waals surface area contributed by atoms with Crippen LogP contribution in [0.4, 0.5) is 0 Å². The molecule has 0 saturated carbocycles. The van der Waals surface area contributed by atoms with Crippen molar-refractivity contribution in [3.05, 3.63) is 44.9 Å². The standard InChI is InChI=1S/C12H6Br8O/c13-7-8(14)11(17,18)10(16,6-4-2-1-3-5-6)12(19,21-20)9(7)15/h1-5,8H. The first-order valence-electron chi connectivity index (χ1n) is 5.45. The molecule has 0 fully saturated rings. The molecule has 3 atom stereocenters. The fourth-order valence-corrected chi connectivity index (χ4v) is 10.0. The van der Waals surface area contributed by atoms with Gasteiger partial charge in [-0.2, -0.15) is 0 Å². The number of hydrogen-bond acceptors (Lipinski definition) is 1. The Hall–Kier alpha value is 2.76. The predicted molar refractivity (Wildman–Crippen MR) is 117 cm³/mol. The number of alkyl halides is 5. The lowest BCUT2D eigenvalue weighted by Gasteiger charge is -2.54. The minimum atomic E-state index is -0.905. The van der Waals surface area contributed by atoms with Gasteiger partial charge in [0.1, 0.15) is 23.8 Å².